The van der Waals surface area contributed by atoms with Crippen molar-refractivity contribution in [2.45, 2.75) is 65.6 Å². The maximum absolute atomic E-state index is 9.32. The molecule has 3 heteroatoms. The van der Waals surface area contributed by atoms with Gasteiger partial charge < -0.3 is 4.90 Å². The molecule has 17 heavy (non-hydrogen) atoms. The Kier molecular flexibility index (Phi) is 6.74. The van der Waals surface area contributed by atoms with E-state index in [1.807, 2.05) is 6.92 Å². The van der Waals surface area contributed by atoms with E-state index in [4.69, 9.17) is 0 Å². The summed E-state index contributed by atoms with van der Waals surface area (Å²) in [5, 5.41) is 12.7. The molecule has 0 spiro atoms. The van der Waals surface area contributed by atoms with Gasteiger partial charge in [-0.3, -0.25) is 5.32 Å². The van der Waals surface area contributed by atoms with E-state index < -0.39 is 5.54 Å². The Bertz CT molecular complexity index is 255. The average molecular weight is 239 g/mol. The summed E-state index contributed by atoms with van der Waals surface area (Å²) in [5.74, 6) is 0.661. The first-order valence-corrected chi connectivity index (χ1v) is 6.59. The van der Waals surface area contributed by atoms with Gasteiger partial charge in [-0.25, -0.2) is 0 Å². The lowest BCUT2D eigenvalue weighted by molar-refractivity contribution is 0.191. The lowest BCUT2D eigenvalue weighted by Gasteiger charge is -2.33. The van der Waals surface area contributed by atoms with Crippen LogP contribution in [0.15, 0.2) is 0 Å². The molecular weight excluding hydrogens is 210 g/mol. The van der Waals surface area contributed by atoms with E-state index in [1.165, 1.54) is 0 Å². The predicted octanol–water partition coefficient (Wildman–Crippen LogP) is 2.63. The molecule has 0 heterocycles. The van der Waals surface area contributed by atoms with E-state index in [0.717, 1.165) is 13.0 Å². The zero-order chi connectivity index (χ0) is 13.6. The molecule has 0 aromatic carbocycles. The van der Waals surface area contributed by atoms with Gasteiger partial charge in [0.2, 0.25) is 0 Å². The average Bonchev–Trinajstić information content (AvgIpc) is 2.15. The summed E-state index contributed by atoms with van der Waals surface area (Å²) in [6, 6.07) is 3.16. The van der Waals surface area contributed by atoms with Gasteiger partial charge in [0.05, 0.1) is 6.07 Å². The van der Waals surface area contributed by atoms with Crippen LogP contribution in [0.2, 0.25) is 0 Å². The van der Waals surface area contributed by atoms with Gasteiger partial charge in [-0.05, 0) is 47.1 Å². The fraction of sp³-hybridized carbons (Fsp3) is 0.929. The van der Waals surface area contributed by atoms with Crippen LogP contribution in [-0.4, -0.2) is 36.1 Å². The standard InChI is InChI=1S/C14H29N3/c1-11(2)9-17(7)13(5)8-14(6,10-15)16-12(3)4/h11-13,16H,8-9H2,1-7H3. The summed E-state index contributed by atoms with van der Waals surface area (Å²) in [4.78, 5) is 2.34. The molecule has 3 nitrogen and oxygen atoms in total. The maximum atomic E-state index is 9.32. The number of nitrogens with zero attached hydrogens (tertiary/aromatic N) is 2. The van der Waals surface area contributed by atoms with Crippen LogP contribution in [0.3, 0.4) is 0 Å². The van der Waals surface area contributed by atoms with Crippen LogP contribution in [0.25, 0.3) is 0 Å². The van der Waals surface area contributed by atoms with E-state index in [9.17, 15) is 5.26 Å². The molecule has 0 rings (SSSR count). The van der Waals surface area contributed by atoms with Crippen molar-refractivity contribution in [3.8, 4) is 6.07 Å². The number of nitrogens with one attached hydrogen (secondary N) is 1. The predicted molar refractivity (Wildman–Crippen MR) is 73.8 cm³/mol. The monoisotopic (exact) mass is 239 g/mol. The highest BCUT2D eigenvalue weighted by Crippen LogP contribution is 2.16. The first-order chi connectivity index (χ1) is 7.70. The van der Waals surface area contributed by atoms with E-state index >= 15 is 0 Å². The van der Waals surface area contributed by atoms with Crippen LogP contribution in [0, 0.1) is 17.2 Å². The minimum atomic E-state index is -0.432. The summed E-state index contributed by atoms with van der Waals surface area (Å²) in [6.45, 7) is 13.9. The van der Waals surface area contributed by atoms with Crippen molar-refractivity contribution >= 4 is 0 Å². The highest BCUT2D eigenvalue weighted by molar-refractivity contribution is 5.06. The van der Waals surface area contributed by atoms with Crippen LogP contribution >= 0.6 is 0 Å². The first kappa shape index (κ1) is 16.4. The van der Waals surface area contributed by atoms with Gasteiger partial charge in [0.1, 0.15) is 5.54 Å². The van der Waals surface area contributed by atoms with Crippen LogP contribution in [0.1, 0.15) is 48.0 Å². The Morgan fingerprint density at radius 1 is 1.24 bits per heavy atom. The molecule has 0 aliphatic carbocycles. The van der Waals surface area contributed by atoms with Gasteiger partial charge in [0.15, 0.2) is 0 Å². The highest BCUT2D eigenvalue weighted by atomic mass is 15.1. The second-order valence-electron chi connectivity index (χ2n) is 6.13. The van der Waals surface area contributed by atoms with Gasteiger partial charge in [0, 0.05) is 18.6 Å². The fourth-order valence-electron chi connectivity index (χ4n) is 2.28. The van der Waals surface area contributed by atoms with Gasteiger partial charge >= 0.3 is 0 Å². The minimum Gasteiger partial charge on any atom is -0.303 e. The summed E-state index contributed by atoms with van der Waals surface area (Å²) >= 11 is 0. The zero-order valence-electron chi connectivity index (χ0n) is 12.5. The molecule has 0 saturated heterocycles. The second-order valence-corrected chi connectivity index (χ2v) is 6.13. The quantitative estimate of drug-likeness (QED) is 0.742. The molecule has 100 valence electrons. The fourth-order valence-corrected chi connectivity index (χ4v) is 2.28. The van der Waals surface area contributed by atoms with Crippen LogP contribution < -0.4 is 5.32 Å². The van der Waals surface area contributed by atoms with E-state index in [2.05, 4.69) is 58.0 Å². The molecule has 2 atom stereocenters. The normalized spacial score (nSPS) is 17.2. The van der Waals surface area contributed by atoms with E-state index in [-0.39, 0.29) is 0 Å². The third kappa shape index (κ3) is 6.65. The van der Waals surface area contributed by atoms with Crippen molar-refractivity contribution in [2.75, 3.05) is 13.6 Å². The van der Waals surface area contributed by atoms with Crippen molar-refractivity contribution in [2.24, 2.45) is 5.92 Å². The molecule has 0 radical (unpaired) electrons. The molecule has 0 fully saturated rings. The van der Waals surface area contributed by atoms with Crippen molar-refractivity contribution in [1.82, 2.24) is 10.2 Å². The van der Waals surface area contributed by atoms with Crippen molar-refractivity contribution < 1.29 is 0 Å². The Hall–Kier alpha value is -0.590. The largest absolute Gasteiger partial charge is 0.303 e. The molecule has 0 saturated carbocycles. The molecule has 2 unspecified atom stereocenters. The molecule has 0 aliphatic heterocycles. The van der Waals surface area contributed by atoms with Gasteiger partial charge in [-0.2, -0.15) is 5.26 Å². The summed E-state index contributed by atoms with van der Waals surface area (Å²) in [7, 11) is 2.14. The highest BCUT2D eigenvalue weighted by Gasteiger charge is 2.28. The Morgan fingerprint density at radius 3 is 2.12 bits per heavy atom. The zero-order valence-corrected chi connectivity index (χ0v) is 12.5. The molecular formula is C14H29N3. The minimum absolute atomic E-state index is 0.335. The van der Waals surface area contributed by atoms with Gasteiger partial charge in [-0.1, -0.05) is 13.8 Å². The Labute approximate surface area is 107 Å². The number of hydrogen-bond donors (Lipinski definition) is 1. The maximum Gasteiger partial charge on any atom is 0.105 e. The smallest absolute Gasteiger partial charge is 0.105 e. The molecule has 1 N–H and O–H groups in total. The number of rotatable bonds is 7. The van der Waals surface area contributed by atoms with E-state index in [1.54, 1.807) is 0 Å². The summed E-state index contributed by atoms with van der Waals surface area (Å²) in [5.41, 5.74) is -0.432. The van der Waals surface area contributed by atoms with Crippen molar-refractivity contribution in [3.63, 3.8) is 0 Å². The molecule has 0 bridgehead atoms. The second kappa shape index (κ2) is 6.98. The molecule has 0 aromatic heterocycles. The van der Waals surface area contributed by atoms with Crippen LogP contribution in [0.4, 0.5) is 0 Å². The summed E-state index contributed by atoms with van der Waals surface area (Å²) in [6.07, 6.45) is 0.852. The van der Waals surface area contributed by atoms with Crippen LogP contribution in [-0.2, 0) is 0 Å². The number of nitriles is 1. The SMILES string of the molecule is CC(C)CN(C)C(C)CC(C)(C#N)NC(C)C. The van der Waals surface area contributed by atoms with Gasteiger partial charge in [-0.15, -0.1) is 0 Å². The van der Waals surface area contributed by atoms with Crippen molar-refractivity contribution in [3.05, 3.63) is 0 Å². The van der Waals surface area contributed by atoms with E-state index in [0.29, 0.717) is 18.0 Å². The lowest BCUT2D eigenvalue weighted by Crippen LogP contribution is -2.49. The topological polar surface area (TPSA) is 39.1 Å². The molecule has 0 aromatic rings. The first-order valence-electron chi connectivity index (χ1n) is 6.59. The van der Waals surface area contributed by atoms with Crippen molar-refractivity contribution in [1.29, 1.82) is 5.26 Å². The Balaban J connectivity index is 4.42. The van der Waals surface area contributed by atoms with Gasteiger partial charge in [0.25, 0.3) is 0 Å². The third-order valence-corrected chi connectivity index (χ3v) is 2.96. The number of hydrogen-bond acceptors (Lipinski definition) is 3. The molecule has 0 amide bonds. The lowest BCUT2D eigenvalue weighted by atomic mass is 9.93. The third-order valence-electron chi connectivity index (χ3n) is 2.96. The summed E-state index contributed by atoms with van der Waals surface area (Å²) < 4.78 is 0. The molecule has 0 aliphatic rings. The Morgan fingerprint density at radius 2 is 1.76 bits per heavy atom. The van der Waals surface area contributed by atoms with Crippen LogP contribution in [0.5, 0.6) is 0 Å².